The molecule has 176 valence electrons. The second-order valence-corrected chi connectivity index (χ2v) is 11.6. The van der Waals surface area contributed by atoms with Crippen molar-refractivity contribution >= 4 is 51.7 Å². The normalized spacial score (nSPS) is 34.3. The van der Waals surface area contributed by atoms with Gasteiger partial charge in [0.15, 0.2) is 5.12 Å². The summed E-state index contributed by atoms with van der Waals surface area (Å²) >= 11 is 6.90. The standard InChI is InChI=1S/C23H32N2O5S2/c1-21(2)14(8-10-18(27)30-6)20(31)24-16(21)11-15-13(7-9-17(26)29-5)22(3)12-19(28)32-23(22,4)25-15/h11,13-14,25H,7-10,12H2,1-6H3/b15-11-. The van der Waals surface area contributed by atoms with Crippen molar-refractivity contribution in [3.05, 3.63) is 11.8 Å². The van der Waals surface area contributed by atoms with Gasteiger partial charge in [-0.2, -0.15) is 0 Å². The van der Waals surface area contributed by atoms with Crippen molar-refractivity contribution < 1.29 is 23.9 Å². The Kier molecular flexibility index (Phi) is 6.92. The summed E-state index contributed by atoms with van der Waals surface area (Å²) in [5, 5.41) is 3.76. The zero-order valence-electron chi connectivity index (χ0n) is 19.6. The molecule has 0 radical (unpaired) electrons. The quantitative estimate of drug-likeness (QED) is 0.434. The number of rotatable bonds is 7. The number of thiocarbonyl (C=S) groups is 1. The van der Waals surface area contributed by atoms with Crippen molar-refractivity contribution in [3.63, 3.8) is 0 Å². The molecule has 9 heteroatoms. The highest BCUT2D eigenvalue weighted by molar-refractivity contribution is 8.15. The topological polar surface area (TPSA) is 94.1 Å². The number of esters is 2. The molecule has 3 aliphatic rings. The van der Waals surface area contributed by atoms with Crippen LogP contribution in [0.1, 0.15) is 59.8 Å². The summed E-state index contributed by atoms with van der Waals surface area (Å²) in [6, 6.07) is 0. The van der Waals surface area contributed by atoms with Crippen LogP contribution in [0.4, 0.5) is 0 Å². The zero-order valence-corrected chi connectivity index (χ0v) is 21.2. The Bertz CT molecular complexity index is 912. The Labute approximate surface area is 199 Å². The van der Waals surface area contributed by atoms with Crippen LogP contribution in [0.3, 0.4) is 0 Å². The van der Waals surface area contributed by atoms with Crippen molar-refractivity contribution in [1.29, 1.82) is 0 Å². The summed E-state index contributed by atoms with van der Waals surface area (Å²) in [6.45, 7) is 8.35. The Morgan fingerprint density at radius 3 is 2.25 bits per heavy atom. The van der Waals surface area contributed by atoms with Crippen molar-refractivity contribution in [3.8, 4) is 0 Å². The molecule has 3 aliphatic heterocycles. The minimum atomic E-state index is -0.454. The molecule has 0 aromatic rings. The smallest absolute Gasteiger partial charge is 0.305 e. The van der Waals surface area contributed by atoms with Gasteiger partial charge in [0.25, 0.3) is 0 Å². The van der Waals surface area contributed by atoms with Gasteiger partial charge in [-0.15, -0.1) is 0 Å². The van der Waals surface area contributed by atoms with Crippen LogP contribution < -0.4 is 5.32 Å². The van der Waals surface area contributed by atoms with Crippen LogP contribution >= 0.6 is 24.0 Å². The van der Waals surface area contributed by atoms with Gasteiger partial charge in [0.2, 0.25) is 0 Å². The summed E-state index contributed by atoms with van der Waals surface area (Å²) in [6.07, 6.45) is 4.22. The van der Waals surface area contributed by atoms with Gasteiger partial charge in [-0.05, 0) is 25.8 Å². The van der Waals surface area contributed by atoms with E-state index in [1.54, 1.807) is 0 Å². The average Bonchev–Trinajstić information content (AvgIpc) is 3.15. The zero-order chi connectivity index (χ0) is 23.9. The maximum Gasteiger partial charge on any atom is 0.305 e. The van der Waals surface area contributed by atoms with Gasteiger partial charge in [0.05, 0.1) is 19.1 Å². The number of nitrogens with one attached hydrogen (secondary N) is 1. The molecule has 0 spiro atoms. The van der Waals surface area contributed by atoms with Crippen molar-refractivity contribution in [1.82, 2.24) is 5.32 Å². The van der Waals surface area contributed by atoms with Gasteiger partial charge in [-0.1, -0.05) is 44.8 Å². The van der Waals surface area contributed by atoms with Crippen molar-refractivity contribution in [2.75, 3.05) is 14.2 Å². The van der Waals surface area contributed by atoms with E-state index in [2.05, 4.69) is 33.0 Å². The number of thioether (sulfide) groups is 1. The highest BCUT2D eigenvalue weighted by Crippen LogP contribution is 2.62. The van der Waals surface area contributed by atoms with Crippen molar-refractivity contribution in [2.45, 2.75) is 64.7 Å². The first kappa shape index (κ1) is 24.9. The monoisotopic (exact) mass is 480 g/mol. The maximum absolute atomic E-state index is 12.3. The Morgan fingerprint density at radius 2 is 1.69 bits per heavy atom. The summed E-state index contributed by atoms with van der Waals surface area (Å²) < 4.78 is 9.64. The molecule has 4 atom stereocenters. The third kappa shape index (κ3) is 4.25. The first-order valence-electron chi connectivity index (χ1n) is 10.9. The SMILES string of the molecule is COC(=O)CCC1C(=S)N=C(/C=C2\NC3(C)SC(=O)CC3(C)C2CCC(=O)OC)C1(C)C. The molecule has 3 heterocycles. The lowest BCUT2D eigenvalue weighted by atomic mass is 9.69. The summed E-state index contributed by atoms with van der Waals surface area (Å²) in [4.78, 5) is 40.7. The molecular formula is C23H32N2O5S2. The van der Waals surface area contributed by atoms with E-state index in [0.717, 1.165) is 11.4 Å². The number of aliphatic imine (C=N–C) groups is 1. The first-order valence-corrected chi connectivity index (χ1v) is 12.1. The van der Waals surface area contributed by atoms with E-state index in [4.69, 9.17) is 26.7 Å². The predicted octanol–water partition coefficient (Wildman–Crippen LogP) is 3.81. The van der Waals surface area contributed by atoms with Crippen LogP contribution in [0.5, 0.6) is 0 Å². The minimum Gasteiger partial charge on any atom is -0.469 e. The molecule has 1 N–H and O–H groups in total. The molecule has 0 aromatic heterocycles. The summed E-state index contributed by atoms with van der Waals surface area (Å²) in [5.74, 6) is -0.584. The molecule has 2 saturated heterocycles. The summed E-state index contributed by atoms with van der Waals surface area (Å²) in [7, 11) is 2.77. The van der Waals surface area contributed by atoms with E-state index in [1.165, 1.54) is 26.0 Å². The van der Waals surface area contributed by atoms with Crippen LogP contribution in [-0.2, 0) is 23.9 Å². The van der Waals surface area contributed by atoms with Crippen molar-refractivity contribution in [2.24, 2.45) is 27.7 Å². The van der Waals surface area contributed by atoms with E-state index >= 15 is 0 Å². The fourth-order valence-corrected chi connectivity index (χ4v) is 7.15. The molecular weight excluding hydrogens is 448 g/mol. The number of carbonyl (C=O) groups excluding carboxylic acids is 3. The fourth-order valence-electron chi connectivity index (χ4n) is 5.20. The van der Waals surface area contributed by atoms with Crippen LogP contribution in [0.2, 0.25) is 0 Å². The lowest BCUT2D eigenvalue weighted by Crippen LogP contribution is -2.42. The molecule has 0 bridgehead atoms. The third-order valence-electron chi connectivity index (χ3n) is 7.53. The molecule has 0 aromatic carbocycles. The Morgan fingerprint density at radius 1 is 1.12 bits per heavy atom. The number of allylic oxidation sites excluding steroid dienone is 2. The molecule has 0 aliphatic carbocycles. The number of methoxy groups -OCH3 is 2. The lowest BCUT2D eigenvalue weighted by molar-refractivity contribution is -0.141. The Hall–Kier alpha value is -1.74. The van der Waals surface area contributed by atoms with Crippen LogP contribution in [0.15, 0.2) is 16.8 Å². The molecule has 32 heavy (non-hydrogen) atoms. The minimum absolute atomic E-state index is 0.0215. The first-order chi connectivity index (χ1) is 14.9. The number of ether oxygens (including phenoxy) is 2. The van der Waals surface area contributed by atoms with Crippen LogP contribution in [0, 0.1) is 22.7 Å². The highest BCUT2D eigenvalue weighted by atomic mass is 32.2. The van der Waals surface area contributed by atoms with Gasteiger partial charge in [0, 0.05) is 53.3 Å². The number of hydrogen-bond donors (Lipinski definition) is 1. The maximum atomic E-state index is 12.3. The number of fused-ring (bicyclic) bond motifs is 1. The molecule has 7 nitrogen and oxygen atoms in total. The second kappa shape index (κ2) is 8.89. The van der Waals surface area contributed by atoms with E-state index in [9.17, 15) is 14.4 Å². The number of nitrogens with zero attached hydrogens (tertiary/aromatic N) is 1. The Balaban J connectivity index is 1.90. The van der Waals surface area contributed by atoms with Gasteiger partial charge < -0.3 is 14.8 Å². The largest absolute Gasteiger partial charge is 0.469 e. The number of hydrogen-bond acceptors (Lipinski definition) is 8. The second-order valence-electron chi connectivity index (χ2n) is 9.72. The molecule has 4 unspecified atom stereocenters. The van der Waals surface area contributed by atoms with E-state index < -0.39 is 4.87 Å². The average molecular weight is 481 g/mol. The molecule has 2 fully saturated rings. The van der Waals surface area contributed by atoms with Gasteiger partial charge in [0.1, 0.15) is 4.99 Å². The van der Waals surface area contributed by atoms with E-state index in [0.29, 0.717) is 30.7 Å². The van der Waals surface area contributed by atoms with Crippen LogP contribution in [0.25, 0.3) is 0 Å². The van der Waals surface area contributed by atoms with Gasteiger partial charge in [-0.3, -0.25) is 14.4 Å². The van der Waals surface area contributed by atoms with E-state index in [1.807, 2.05) is 6.08 Å². The lowest BCUT2D eigenvalue weighted by Gasteiger charge is -2.35. The fraction of sp³-hybridized carbons (Fsp3) is 0.696. The highest BCUT2D eigenvalue weighted by Gasteiger charge is 2.63. The predicted molar refractivity (Wildman–Crippen MR) is 128 cm³/mol. The third-order valence-corrected chi connectivity index (χ3v) is 9.25. The van der Waals surface area contributed by atoms with Gasteiger partial charge >= 0.3 is 11.9 Å². The van der Waals surface area contributed by atoms with Crippen LogP contribution in [-0.4, -0.2) is 46.8 Å². The summed E-state index contributed by atoms with van der Waals surface area (Å²) in [5.41, 5.74) is 1.14. The molecule has 3 rings (SSSR count). The molecule has 0 amide bonds. The van der Waals surface area contributed by atoms with Gasteiger partial charge in [-0.25, -0.2) is 4.99 Å². The number of carbonyl (C=O) groups is 3. The van der Waals surface area contributed by atoms with E-state index in [-0.39, 0.29) is 46.1 Å². The molecule has 0 saturated carbocycles.